The van der Waals surface area contributed by atoms with Gasteiger partial charge in [0.2, 0.25) is 0 Å². The van der Waals surface area contributed by atoms with Crippen LogP contribution in [0.2, 0.25) is 0 Å². The molecule has 3 aromatic rings. The summed E-state index contributed by atoms with van der Waals surface area (Å²) in [5.74, 6) is 0.914. The highest BCUT2D eigenvalue weighted by molar-refractivity contribution is 5.79. The summed E-state index contributed by atoms with van der Waals surface area (Å²) in [5.41, 5.74) is 0.405. The van der Waals surface area contributed by atoms with E-state index in [4.69, 9.17) is 4.74 Å². The van der Waals surface area contributed by atoms with Crippen molar-refractivity contribution in [3.05, 3.63) is 69.3 Å². The maximum Gasteiger partial charge on any atom is 0.269 e. The van der Waals surface area contributed by atoms with Crippen molar-refractivity contribution in [2.75, 3.05) is 0 Å². The molecule has 3 rings (SSSR count). The highest BCUT2D eigenvalue weighted by Crippen LogP contribution is 2.25. The Morgan fingerprint density at radius 2 is 1.82 bits per heavy atom. The second-order valence-corrected chi connectivity index (χ2v) is 4.69. The number of hydrogen-bond donors (Lipinski definition) is 0. The zero-order valence-electron chi connectivity index (χ0n) is 11.6. The van der Waals surface area contributed by atoms with Gasteiger partial charge in [-0.1, -0.05) is 0 Å². The first-order valence-electron chi connectivity index (χ1n) is 6.42. The molecule has 0 unspecified atom stereocenters. The fourth-order valence-electron chi connectivity index (χ4n) is 2.03. The molecule has 0 radical (unpaired) electrons. The van der Waals surface area contributed by atoms with E-state index in [2.05, 4.69) is 4.98 Å². The minimum absolute atomic E-state index is 0.0102. The first-order chi connectivity index (χ1) is 10.5. The summed E-state index contributed by atoms with van der Waals surface area (Å²) in [5, 5.41) is 11.1. The maximum absolute atomic E-state index is 12.0. The summed E-state index contributed by atoms with van der Waals surface area (Å²) in [6.07, 6.45) is 1.46. The van der Waals surface area contributed by atoms with Crippen LogP contribution in [0.15, 0.2) is 53.6 Å². The molecule has 0 N–H and O–H groups in total. The minimum atomic E-state index is -0.477. The summed E-state index contributed by atoms with van der Waals surface area (Å²) >= 11 is 0. The number of hydrogen-bond acceptors (Lipinski definition) is 5. The van der Waals surface area contributed by atoms with E-state index < -0.39 is 4.92 Å². The van der Waals surface area contributed by atoms with Gasteiger partial charge in [-0.3, -0.25) is 14.9 Å². The Bertz CT molecular complexity index is 916. The standard InChI is InChI=1S/C15H11N3O4/c1-17-9-16-14-7-6-12(8-13(14)15(17)19)22-11-4-2-10(3-5-11)18(20)21/h2-9H,1H3. The van der Waals surface area contributed by atoms with E-state index >= 15 is 0 Å². The highest BCUT2D eigenvalue weighted by Gasteiger charge is 2.07. The zero-order valence-corrected chi connectivity index (χ0v) is 11.6. The molecule has 7 nitrogen and oxygen atoms in total. The third-order valence-corrected chi connectivity index (χ3v) is 3.17. The van der Waals surface area contributed by atoms with Crippen molar-refractivity contribution >= 4 is 16.6 Å². The van der Waals surface area contributed by atoms with Crippen LogP contribution in [0.5, 0.6) is 11.5 Å². The van der Waals surface area contributed by atoms with Crippen LogP contribution in [0.4, 0.5) is 5.69 Å². The van der Waals surface area contributed by atoms with Crippen molar-refractivity contribution in [2.24, 2.45) is 7.05 Å². The van der Waals surface area contributed by atoms with Gasteiger partial charge in [0.1, 0.15) is 11.5 Å². The quantitative estimate of drug-likeness (QED) is 0.548. The average molecular weight is 297 g/mol. The van der Waals surface area contributed by atoms with Crippen LogP contribution in [0.3, 0.4) is 0 Å². The van der Waals surface area contributed by atoms with Gasteiger partial charge < -0.3 is 9.30 Å². The molecule has 0 aliphatic carbocycles. The van der Waals surface area contributed by atoms with Crippen molar-refractivity contribution in [2.45, 2.75) is 0 Å². The van der Waals surface area contributed by atoms with Crippen LogP contribution in [0.1, 0.15) is 0 Å². The number of nitrogens with zero attached hydrogens (tertiary/aromatic N) is 3. The molecule has 0 amide bonds. The van der Waals surface area contributed by atoms with Crippen molar-refractivity contribution in [3.63, 3.8) is 0 Å². The van der Waals surface area contributed by atoms with Crippen molar-refractivity contribution in [1.82, 2.24) is 9.55 Å². The van der Waals surface area contributed by atoms with Crippen molar-refractivity contribution < 1.29 is 9.66 Å². The van der Waals surface area contributed by atoms with E-state index in [9.17, 15) is 14.9 Å². The maximum atomic E-state index is 12.0. The summed E-state index contributed by atoms with van der Waals surface area (Å²) in [7, 11) is 1.62. The molecule has 0 atom stereocenters. The second kappa shape index (κ2) is 5.28. The molecule has 0 saturated carbocycles. The van der Waals surface area contributed by atoms with E-state index in [-0.39, 0.29) is 11.2 Å². The number of nitro groups is 1. The molecular formula is C15H11N3O4. The van der Waals surface area contributed by atoms with Crippen LogP contribution in [0, 0.1) is 10.1 Å². The molecule has 22 heavy (non-hydrogen) atoms. The number of non-ortho nitro benzene ring substituents is 1. The smallest absolute Gasteiger partial charge is 0.269 e. The summed E-state index contributed by atoms with van der Waals surface area (Å²) in [6.45, 7) is 0. The third-order valence-electron chi connectivity index (χ3n) is 3.17. The average Bonchev–Trinajstić information content (AvgIpc) is 2.52. The summed E-state index contributed by atoms with van der Waals surface area (Å²) in [6, 6.07) is 10.7. The number of nitro benzene ring substituents is 1. The van der Waals surface area contributed by atoms with Crippen LogP contribution >= 0.6 is 0 Å². The molecule has 2 aromatic carbocycles. The topological polar surface area (TPSA) is 87.3 Å². The number of aromatic nitrogens is 2. The molecule has 0 aliphatic rings. The number of benzene rings is 2. The molecule has 0 spiro atoms. The monoisotopic (exact) mass is 297 g/mol. The molecule has 0 saturated heterocycles. The third kappa shape index (κ3) is 2.51. The molecule has 110 valence electrons. The van der Waals surface area contributed by atoms with Gasteiger partial charge in [-0.25, -0.2) is 4.98 Å². The lowest BCUT2D eigenvalue weighted by atomic mass is 10.2. The zero-order chi connectivity index (χ0) is 15.7. The van der Waals surface area contributed by atoms with Crippen LogP contribution < -0.4 is 10.3 Å². The predicted molar refractivity (Wildman–Crippen MR) is 80.2 cm³/mol. The van der Waals surface area contributed by atoms with E-state index in [1.807, 2.05) is 0 Å². The Morgan fingerprint density at radius 3 is 2.50 bits per heavy atom. The lowest BCUT2D eigenvalue weighted by Gasteiger charge is -2.07. The summed E-state index contributed by atoms with van der Waals surface area (Å²) < 4.78 is 7.00. The number of aryl methyl sites for hydroxylation is 1. The van der Waals surface area contributed by atoms with Gasteiger partial charge >= 0.3 is 0 Å². The van der Waals surface area contributed by atoms with Crippen LogP contribution in [-0.2, 0) is 7.05 Å². The molecule has 0 bridgehead atoms. The van der Waals surface area contributed by atoms with Crippen molar-refractivity contribution in [3.8, 4) is 11.5 Å². The summed E-state index contributed by atoms with van der Waals surface area (Å²) in [4.78, 5) is 26.3. The highest BCUT2D eigenvalue weighted by atomic mass is 16.6. The van der Waals surface area contributed by atoms with E-state index in [1.165, 1.54) is 35.2 Å². The number of ether oxygens (including phenoxy) is 1. The molecule has 7 heteroatoms. The lowest BCUT2D eigenvalue weighted by molar-refractivity contribution is -0.384. The Hall–Kier alpha value is -3.22. The fourth-order valence-corrected chi connectivity index (χ4v) is 2.03. The SMILES string of the molecule is Cn1cnc2ccc(Oc3ccc([N+](=O)[O-])cc3)cc2c1=O. The molecule has 1 heterocycles. The number of rotatable bonds is 3. The molecule has 0 fully saturated rings. The Kier molecular flexibility index (Phi) is 3.30. The first kappa shape index (κ1) is 13.7. The van der Waals surface area contributed by atoms with Gasteiger partial charge in [-0.05, 0) is 30.3 Å². The largest absolute Gasteiger partial charge is 0.457 e. The number of fused-ring (bicyclic) bond motifs is 1. The van der Waals surface area contributed by atoms with Gasteiger partial charge in [-0.2, -0.15) is 0 Å². The molecule has 1 aromatic heterocycles. The predicted octanol–water partition coefficient (Wildman–Crippen LogP) is 2.63. The molecule has 0 aliphatic heterocycles. The van der Waals surface area contributed by atoms with Gasteiger partial charge in [0.05, 0.1) is 22.2 Å². The van der Waals surface area contributed by atoms with Crippen LogP contribution in [0.25, 0.3) is 10.9 Å². The Labute approximate surface area is 124 Å². The van der Waals surface area contributed by atoms with E-state index in [0.717, 1.165) is 0 Å². The Morgan fingerprint density at radius 1 is 1.14 bits per heavy atom. The lowest BCUT2D eigenvalue weighted by Crippen LogP contribution is -2.16. The second-order valence-electron chi connectivity index (χ2n) is 4.69. The van der Waals surface area contributed by atoms with Gasteiger partial charge in [0.25, 0.3) is 11.2 Å². The van der Waals surface area contributed by atoms with Gasteiger partial charge in [0.15, 0.2) is 0 Å². The normalized spacial score (nSPS) is 10.6. The van der Waals surface area contributed by atoms with Gasteiger partial charge in [0, 0.05) is 19.2 Å². The van der Waals surface area contributed by atoms with Crippen molar-refractivity contribution in [1.29, 1.82) is 0 Å². The first-order valence-corrected chi connectivity index (χ1v) is 6.42. The fraction of sp³-hybridized carbons (Fsp3) is 0.0667. The minimum Gasteiger partial charge on any atom is -0.457 e. The van der Waals surface area contributed by atoms with E-state index in [1.54, 1.807) is 25.2 Å². The van der Waals surface area contributed by atoms with E-state index in [0.29, 0.717) is 22.4 Å². The van der Waals surface area contributed by atoms with Gasteiger partial charge in [-0.15, -0.1) is 0 Å². The molecular weight excluding hydrogens is 286 g/mol. The van der Waals surface area contributed by atoms with Crippen LogP contribution in [-0.4, -0.2) is 14.5 Å². The Balaban J connectivity index is 1.95.